The van der Waals surface area contributed by atoms with Crippen LogP contribution in [0.4, 0.5) is 0 Å². The number of fused-ring (bicyclic) bond motifs is 1. The van der Waals surface area contributed by atoms with Gasteiger partial charge in [0, 0.05) is 39.1 Å². The number of nitrogens with zero attached hydrogens (tertiary/aromatic N) is 3. The number of hydrogen-bond donors (Lipinski definition) is 1. The van der Waals surface area contributed by atoms with E-state index in [1.165, 1.54) is 0 Å². The molecule has 8 heteroatoms. The second kappa shape index (κ2) is 7.17. The predicted octanol–water partition coefficient (Wildman–Crippen LogP) is 1.56. The van der Waals surface area contributed by atoms with Crippen LogP contribution in [0.15, 0.2) is 24.5 Å². The SMILES string of the molecule is Cn1ccnc1C1CNCCN1C(=O)Cc1cc(Cl)c2c(c1)OCCO2. The molecule has 2 aliphatic heterocycles. The van der Waals surface area contributed by atoms with Crippen LogP contribution in [0.5, 0.6) is 11.5 Å². The third kappa shape index (κ3) is 3.24. The van der Waals surface area contributed by atoms with Gasteiger partial charge in [0.05, 0.1) is 11.4 Å². The largest absolute Gasteiger partial charge is 0.486 e. The predicted molar refractivity (Wildman–Crippen MR) is 96.7 cm³/mol. The number of carbonyl (C=O) groups is 1. The Bertz CT molecular complexity index is 823. The molecule has 1 aromatic heterocycles. The molecule has 1 unspecified atom stereocenters. The Morgan fingerprint density at radius 3 is 3.04 bits per heavy atom. The third-order valence-corrected chi connectivity index (χ3v) is 5.01. The van der Waals surface area contributed by atoms with Gasteiger partial charge in [0.25, 0.3) is 0 Å². The summed E-state index contributed by atoms with van der Waals surface area (Å²) in [6.45, 7) is 3.08. The number of rotatable bonds is 3. The molecule has 0 radical (unpaired) electrons. The minimum absolute atomic E-state index is 0.0484. The lowest BCUT2D eigenvalue weighted by Crippen LogP contribution is -2.49. The molecule has 3 heterocycles. The molecule has 0 aliphatic carbocycles. The van der Waals surface area contributed by atoms with E-state index in [1.54, 1.807) is 12.3 Å². The summed E-state index contributed by atoms with van der Waals surface area (Å²) in [6.07, 6.45) is 3.91. The Labute approximate surface area is 156 Å². The molecule has 1 amide bonds. The lowest BCUT2D eigenvalue weighted by molar-refractivity contribution is -0.134. The molecular weight excluding hydrogens is 356 g/mol. The van der Waals surface area contributed by atoms with Gasteiger partial charge in [-0.3, -0.25) is 4.79 Å². The number of aryl methyl sites for hydroxylation is 1. The maximum atomic E-state index is 13.0. The molecule has 7 nitrogen and oxygen atoms in total. The number of ether oxygens (including phenoxy) is 2. The average Bonchev–Trinajstić information content (AvgIpc) is 3.07. The molecular formula is C18H21ClN4O3. The van der Waals surface area contributed by atoms with Crippen LogP contribution < -0.4 is 14.8 Å². The number of aromatic nitrogens is 2. The zero-order valence-electron chi connectivity index (χ0n) is 14.6. The topological polar surface area (TPSA) is 68.6 Å². The fourth-order valence-corrected chi connectivity index (χ4v) is 3.76. The van der Waals surface area contributed by atoms with E-state index in [4.69, 9.17) is 21.1 Å². The number of benzene rings is 1. The molecule has 138 valence electrons. The highest BCUT2D eigenvalue weighted by molar-refractivity contribution is 6.32. The Kier molecular flexibility index (Phi) is 4.74. The van der Waals surface area contributed by atoms with Crippen molar-refractivity contribution in [1.29, 1.82) is 0 Å². The first-order chi connectivity index (χ1) is 12.6. The molecule has 1 atom stereocenters. The van der Waals surface area contributed by atoms with E-state index in [2.05, 4.69) is 10.3 Å². The molecule has 4 rings (SSSR count). The van der Waals surface area contributed by atoms with E-state index in [9.17, 15) is 4.79 Å². The molecule has 1 N–H and O–H groups in total. The van der Waals surface area contributed by atoms with E-state index in [0.717, 1.165) is 17.9 Å². The minimum Gasteiger partial charge on any atom is -0.486 e. The van der Waals surface area contributed by atoms with Crippen molar-refractivity contribution in [3.05, 3.63) is 40.9 Å². The number of hydrogen-bond acceptors (Lipinski definition) is 5. The number of halogens is 1. The average molecular weight is 377 g/mol. The van der Waals surface area contributed by atoms with Crippen molar-refractivity contribution in [1.82, 2.24) is 19.8 Å². The summed E-state index contributed by atoms with van der Waals surface area (Å²) in [4.78, 5) is 19.3. The maximum Gasteiger partial charge on any atom is 0.227 e. The van der Waals surface area contributed by atoms with Crippen LogP contribution in [0, 0.1) is 0 Å². The number of nitrogens with one attached hydrogen (secondary N) is 1. The zero-order chi connectivity index (χ0) is 18.1. The lowest BCUT2D eigenvalue weighted by atomic mass is 10.1. The summed E-state index contributed by atoms with van der Waals surface area (Å²) in [6, 6.07) is 3.55. The summed E-state index contributed by atoms with van der Waals surface area (Å²) in [5.41, 5.74) is 0.821. The molecule has 2 aliphatic rings. The fourth-order valence-electron chi connectivity index (χ4n) is 3.47. The van der Waals surface area contributed by atoms with Crippen molar-refractivity contribution in [3.63, 3.8) is 0 Å². The second-order valence-corrected chi connectivity index (χ2v) is 6.89. The summed E-state index contributed by atoms with van der Waals surface area (Å²) in [5.74, 6) is 2.09. The van der Waals surface area contributed by atoms with Crippen LogP contribution in [-0.4, -0.2) is 53.2 Å². The first kappa shape index (κ1) is 17.2. The molecule has 0 saturated carbocycles. The highest BCUT2D eigenvalue weighted by Gasteiger charge is 2.30. The Balaban J connectivity index is 1.55. The van der Waals surface area contributed by atoms with Gasteiger partial charge in [-0.05, 0) is 17.7 Å². The monoisotopic (exact) mass is 376 g/mol. The molecule has 0 bridgehead atoms. The van der Waals surface area contributed by atoms with E-state index in [-0.39, 0.29) is 18.4 Å². The van der Waals surface area contributed by atoms with Gasteiger partial charge in [-0.2, -0.15) is 0 Å². The zero-order valence-corrected chi connectivity index (χ0v) is 15.3. The number of amides is 1. The molecule has 1 fully saturated rings. The molecule has 2 aromatic rings. The third-order valence-electron chi connectivity index (χ3n) is 4.73. The van der Waals surface area contributed by atoms with Gasteiger partial charge in [-0.1, -0.05) is 11.6 Å². The number of carbonyl (C=O) groups excluding carboxylic acids is 1. The van der Waals surface area contributed by atoms with E-state index < -0.39 is 0 Å². The standard InChI is InChI=1S/C18H21ClN4O3/c1-22-4-3-21-18(22)14-11-20-2-5-23(14)16(24)10-12-8-13(19)17-15(9-12)25-6-7-26-17/h3-4,8-9,14,20H,2,5-7,10-11H2,1H3. The van der Waals surface area contributed by atoms with Crippen LogP contribution in [-0.2, 0) is 18.3 Å². The maximum absolute atomic E-state index is 13.0. The summed E-state index contributed by atoms with van der Waals surface area (Å²) >= 11 is 6.29. The van der Waals surface area contributed by atoms with Gasteiger partial charge < -0.3 is 24.3 Å². The van der Waals surface area contributed by atoms with Gasteiger partial charge in [0.15, 0.2) is 11.5 Å². The van der Waals surface area contributed by atoms with Gasteiger partial charge in [0.2, 0.25) is 5.91 Å². The fraction of sp³-hybridized carbons (Fsp3) is 0.444. The van der Waals surface area contributed by atoms with E-state index in [1.807, 2.05) is 28.8 Å². The second-order valence-electron chi connectivity index (χ2n) is 6.48. The first-order valence-electron chi connectivity index (χ1n) is 8.69. The highest BCUT2D eigenvalue weighted by Crippen LogP contribution is 2.38. The molecule has 0 spiro atoms. The van der Waals surface area contributed by atoms with Crippen molar-refractivity contribution >= 4 is 17.5 Å². The van der Waals surface area contributed by atoms with Gasteiger partial charge in [-0.25, -0.2) is 4.98 Å². The van der Waals surface area contributed by atoms with Crippen molar-refractivity contribution in [3.8, 4) is 11.5 Å². The van der Waals surface area contributed by atoms with Crippen LogP contribution in [0.1, 0.15) is 17.4 Å². The summed E-state index contributed by atoms with van der Waals surface area (Å²) < 4.78 is 13.1. The molecule has 26 heavy (non-hydrogen) atoms. The summed E-state index contributed by atoms with van der Waals surface area (Å²) in [7, 11) is 1.94. The first-order valence-corrected chi connectivity index (χ1v) is 9.06. The Morgan fingerprint density at radius 1 is 1.38 bits per heavy atom. The van der Waals surface area contributed by atoms with Crippen molar-refractivity contribution in [2.75, 3.05) is 32.8 Å². The van der Waals surface area contributed by atoms with Gasteiger partial charge in [-0.15, -0.1) is 0 Å². The van der Waals surface area contributed by atoms with Crippen LogP contribution in [0.25, 0.3) is 0 Å². The van der Waals surface area contributed by atoms with Crippen LogP contribution in [0.2, 0.25) is 5.02 Å². The van der Waals surface area contributed by atoms with Crippen molar-refractivity contribution in [2.24, 2.45) is 7.05 Å². The quantitative estimate of drug-likeness (QED) is 0.880. The number of imidazole rings is 1. The smallest absolute Gasteiger partial charge is 0.227 e. The summed E-state index contributed by atoms with van der Waals surface area (Å²) in [5, 5.41) is 3.82. The van der Waals surface area contributed by atoms with E-state index >= 15 is 0 Å². The minimum atomic E-state index is -0.0797. The normalized spacial score (nSPS) is 19.5. The number of piperazine rings is 1. The lowest BCUT2D eigenvalue weighted by Gasteiger charge is -2.36. The Morgan fingerprint density at radius 2 is 2.23 bits per heavy atom. The van der Waals surface area contributed by atoms with Gasteiger partial charge in [0.1, 0.15) is 25.1 Å². The van der Waals surface area contributed by atoms with Crippen LogP contribution >= 0.6 is 11.6 Å². The Hall–Kier alpha value is -2.25. The van der Waals surface area contributed by atoms with Gasteiger partial charge >= 0.3 is 0 Å². The highest BCUT2D eigenvalue weighted by atomic mass is 35.5. The van der Waals surface area contributed by atoms with Crippen molar-refractivity contribution < 1.29 is 14.3 Å². The van der Waals surface area contributed by atoms with E-state index in [0.29, 0.717) is 42.8 Å². The molecule has 1 aromatic carbocycles. The van der Waals surface area contributed by atoms with Crippen molar-refractivity contribution in [2.45, 2.75) is 12.5 Å². The molecule has 1 saturated heterocycles. The van der Waals surface area contributed by atoms with Crippen LogP contribution in [0.3, 0.4) is 0 Å².